The summed E-state index contributed by atoms with van der Waals surface area (Å²) in [7, 11) is 0. The lowest BCUT2D eigenvalue weighted by atomic mass is 9.98. The summed E-state index contributed by atoms with van der Waals surface area (Å²) in [5.41, 5.74) is 2.94. The van der Waals surface area contributed by atoms with Crippen LogP contribution in [0, 0.1) is 0 Å². The van der Waals surface area contributed by atoms with Crippen molar-refractivity contribution in [2.75, 3.05) is 0 Å². The van der Waals surface area contributed by atoms with Crippen LogP contribution in [0.3, 0.4) is 0 Å². The Balaban J connectivity index is 2.29. The predicted octanol–water partition coefficient (Wildman–Crippen LogP) is 3.56. The number of hydrogen-bond donors (Lipinski definition) is 1. The van der Waals surface area contributed by atoms with Crippen molar-refractivity contribution < 1.29 is 9.90 Å². The van der Waals surface area contributed by atoms with E-state index in [1.165, 1.54) is 0 Å². The predicted molar refractivity (Wildman–Crippen MR) is 72.0 cm³/mol. The van der Waals surface area contributed by atoms with Gasteiger partial charge in [0.1, 0.15) is 0 Å². The molecule has 0 heterocycles. The van der Waals surface area contributed by atoms with Crippen LogP contribution in [0.5, 0.6) is 0 Å². The van der Waals surface area contributed by atoms with E-state index in [0.29, 0.717) is 5.02 Å². The minimum Gasteiger partial charge on any atom is -0.481 e. The number of aliphatic carboxylic acids is 1. The van der Waals surface area contributed by atoms with Gasteiger partial charge < -0.3 is 5.11 Å². The summed E-state index contributed by atoms with van der Waals surface area (Å²) >= 11 is 5.91. The zero-order valence-electron chi connectivity index (χ0n) is 9.77. The van der Waals surface area contributed by atoms with Crippen LogP contribution in [0.1, 0.15) is 16.7 Å². The van der Waals surface area contributed by atoms with E-state index in [4.69, 9.17) is 16.7 Å². The molecule has 0 spiro atoms. The first-order valence-electron chi connectivity index (χ1n) is 5.68. The lowest BCUT2D eigenvalue weighted by Crippen LogP contribution is -2.04. The fourth-order valence-electron chi connectivity index (χ4n) is 1.91. The Morgan fingerprint density at radius 2 is 1.78 bits per heavy atom. The lowest BCUT2D eigenvalue weighted by molar-refractivity contribution is -0.136. The highest BCUT2D eigenvalue weighted by atomic mass is 35.5. The molecule has 18 heavy (non-hydrogen) atoms. The molecule has 0 aliphatic rings. The molecule has 0 aromatic heterocycles. The molecule has 0 aliphatic carbocycles. The maximum atomic E-state index is 10.8. The summed E-state index contributed by atoms with van der Waals surface area (Å²) in [4.78, 5) is 10.8. The van der Waals surface area contributed by atoms with Crippen LogP contribution in [0.4, 0.5) is 0 Å². The number of benzene rings is 2. The maximum Gasteiger partial charge on any atom is 0.307 e. The van der Waals surface area contributed by atoms with E-state index in [1.54, 1.807) is 12.1 Å². The lowest BCUT2D eigenvalue weighted by Gasteiger charge is -2.08. The molecule has 0 radical (unpaired) electrons. The van der Waals surface area contributed by atoms with Gasteiger partial charge in [0.15, 0.2) is 0 Å². The van der Waals surface area contributed by atoms with Gasteiger partial charge in [0, 0.05) is 5.02 Å². The van der Waals surface area contributed by atoms with Crippen LogP contribution >= 0.6 is 11.6 Å². The fourth-order valence-corrected chi connectivity index (χ4v) is 2.10. The smallest absolute Gasteiger partial charge is 0.307 e. The number of carboxylic acids is 1. The maximum absolute atomic E-state index is 10.8. The number of hydrogen-bond acceptors (Lipinski definition) is 1. The Morgan fingerprint density at radius 3 is 2.44 bits per heavy atom. The third-order valence-electron chi connectivity index (χ3n) is 2.75. The second kappa shape index (κ2) is 5.69. The third kappa shape index (κ3) is 3.34. The quantitative estimate of drug-likeness (QED) is 0.913. The van der Waals surface area contributed by atoms with Gasteiger partial charge in [-0.2, -0.15) is 0 Å². The average molecular weight is 261 g/mol. The Kier molecular flexibility index (Phi) is 4.00. The van der Waals surface area contributed by atoms with Gasteiger partial charge in [0.05, 0.1) is 6.42 Å². The third-order valence-corrected chi connectivity index (χ3v) is 2.98. The van der Waals surface area contributed by atoms with Crippen LogP contribution in [0.25, 0.3) is 0 Å². The normalized spacial score (nSPS) is 10.3. The molecule has 0 saturated heterocycles. The SMILES string of the molecule is O=C(O)Cc1cc(Cl)ccc1Cc1ccccc1. The first-order chi connectivity index (χ1) is 8.65. The molecule has 0 unspecified atom stereocenters. The number of carbonyl (C=O) groups is 1. The Hall–Kier alpha value is -1.80. The zero-order chi connectivity index (χ0) is 13.0. The monoisotopic (exact) mass is 260 g/mol. The van der Waals surface area contributed by atoms with E-state index in [-0.39, 0.29) is 6.42 Å². The molecule has 0 saturated carbocycles. The molecule has 0 aliphatic heterocycles. The summed E-state index contributed by atoms with van der Waals surface area (Å²) in [6, 6.07) is 15.4. The van der Waals surface area contributed by atoms with Crippen LogP contribution < -0.4 is 0 Å². The summed E-state index contributed by atoms with van der Waals surface area (Å²) in [5, 5.41) is 9.48. The molecule has 1 N–H and O–H groups in total. The largest absolute Gasteiger partial charge is 0.481 e. The van der Waals surface area contributed by atoms with Crippen molar-refractivity contribution in [1.82, 2.24) is 0 Å². The Morgan fingerprint density at radius 1 is 1.06 bits per heavy atom. The van der Waals surface area contributed by atoms with E-state index in [9.17, 15) is 4.79 Å². The molecule has 2 aromatic carbocycles. The molecule has 2 rings (SSSR count). The molecule has 2 aromatic rings. The highest BCUT2D eigenvalue weighted by molar-refractivity contribution is 6.30. The van der Waals surface area contributed by atoms with Crippen LogP contribution in [-0.4, -0.2) is 11.1 Å². The summed E-state index contributed by atoms with van der Waals surface area (Å²) in [5.74, 6) is -0.841. The van der Waals surface area contributed by atoms with E-state index < -0.39 is 5.97 Å². The van der Waals surface area contributed by atoms with Gasteiger partial charge in [-0.25, -0.2) is 0 Å². The second-order valence-electron chi connectivity index (χ2n) is 4.15. The van der Waals surface area contributed by atoms with E-state index in [0.717, 1.165) is 23.1 Å². The molecule has 2 nitrogen and oxygen atoms in total. The van der Waals surface area contributed by atoms with Crippen molar-refractivity contribution >= 4 is 17.6 Å². The standard InChI is InChI=1S/C15H13ClO2/c16-14-7-6-12(13(9-14)10-15(17)18)8-11-4-2-1-3-5-11/h1-7,9H,8,10H2,(H,17,18). The van der Waals surface area contributed by atoms with Gasteiger partial charge in [0.25, 0.3) is 0 Å². The van der Waals surface area contributed by atoms with Gasteiger partial charge in [-0.05, 0) is 35.2 Å². The topological polar surface area (TPSA) is 37.3 Å². The van der Waals surface area contributed by atoms with E-state index >= 15 is 0 Å². The average Bonchev–Trinajstić information content (AvgIpc) is 2.33. The number of carboxylic acid groups (broad SMARTS) is 1. The van der Waals surface area contributed by atoms with Gasteiger partial charge in [0.2, 0.25) is 0 Å². The molecule has 0 amide bonds. The van der Waals surface area contributed by atoms with Gasteiger partial charge in [-0.15, -0.1) is 0 Å². The van der Waals surface area contributed by atoms with Crippen molar-refractivity contribution in [3.05, 3.63) is 70.2 Å². The molecule has 3 heteroatoms. The van der Waals surface area contributed by atoms with Gasteiger partial charge >= 0.3 is 5.97 Å². The molecule has 0 atom stereocenters. The van der Waals surface area contributed by atoms with Gasteiger partial charge in [-0.1, -0.05) is 48.0 Å². The Labute approximate surface area is 111 Å². The molecular weight excluding hydrogens is 248 g/mol. The fraction of sp³-hybridized carbons (Fsp3) is 0.133. The van der Waals surface area contributed by atoms with E-state index in [2.05, 4.69) is 0 Å². The van der Waals surface area contributed by atoms with Crippen LogP contribution in [0.2, 0.25) is 5.02 Å². The molecule has 92 valence electrons. The number of rotatable bonds is 4. The van der Waals surface area contributed by atoms with E-state index in [1.807, 2.05) is 36.4 Å². The van der Waals surface area contributed by atoms with Crippen LogP contribution in [0.15, 0.2) is 48.5 Å². The zero-order valence-corrected chi connectivity index (χ0v) is 10.5. The summed E-state index contributed by atoms with van der Waals surface area (Å²) < 4.78 is 0. The highest BCUT2D eigenvalue weighted by Gasteiger charge is 2.08. The molecule has 0 fully saturated rings. The Bertz CT molecular complexity index is 550. The second-order valence-corrected chi connectivity index (χ2v) is 4.58. The van der Waals surface area contributed by atoms with Crippen molar-refractivity contribution in [3.63, 3.8) is 0 Å². The minimum absolute atomic E-state index is 0.00271. The number of halogens is 1. The molecular formula is C15H13ClO2. The minimum atomic E-state index is -0.841. The molecule has 0 bridgehead atoms. The van der Waals surface area contributed by atoms with Crippen molar-refractivity contribution in [2.45, 2.75) is 12.8 Å². The first-order valence-corrected chi connectivity index (χ1v) is 6.06. The first kappa shape index (κ1) is 12.7. The highest BCUT2D eigenvalue weighted by Crippen LogP contribution is 2.19. The van der Waals surface area contributed by atoms with Crippen molar-refractivity contribution in [2.24, 2.45) is 0 Å². The van der Waals surface area contributed by atoms with Crippen molar-refractivity contribution in [3.8, 4) is 0 Å². The van der Waals surface area contributed by atoms with Crippen LogP contribution in [-0.2, 0) is 17.6 Å². The summed E-state index contributed by atoms with van der Waals surface area (Å²) in [6.07, 6.45) is 0.726. The summed E-state index contributed by atoms with van der Waals surface area (Å²) in [6.45, 7) is 0. The van der Waals surface area contributed by atoms with Crippen molar-refractivity contribution in [1.29, 1.82) is 0 Å². The van der Waals surface area contributed by atoms with Gasteiger partial charge in [-0.3, -0.25) is 4.79 Å².